The fourth-order valence-electron chi connectivity index (χ4n) is 1.32. The molecule has 1 amide bonds. The molecule has 0 aliphatic carbocycles. The van der Waals surface area contributed by atoms with Gasteiger partial charge in [-0.15, -0.1) is 0 Å². The smallest absolute Gasteiger partial charge is 0.413 e. The summed E-state index contributed by atoms with van der Waals surface area (Å²) in [5.41, 5.74) is -0.177. The normalized spacial score (nSPS) is 12.7. The summed E-state index contributed by atoms with van der Waals surface area (Å²) in [5.74, 6) is -0.777. The van der Waals surface area contributed by atoms with E-state index < -0.39 is 23.8 Å². The number of thiazole rings is 1. The summed E-state index contributed by atoms with van der Waals surface area (Å²) in [4.78, 5) is 27.2. The zero-order valence-electron chi connectivity index (χ0n) is 12.0. The summed E-state index contributed by atoms with van der Waals surface area (Å²) in [6.45, 7) is 6.85. The van der Waals surface area contributed by atoms with Gasteiger partial charge in [0.2, 0.25) is 0 Å². The Bertz CT molecular complexity index is 506. The highest BCUT2D eigenvalue weighted by atomic mass is 32.1. The van der Waals surface area contributed by atoms with E-state index in [0.29, 0.717) is 10.6 Å². The molecule has 7 nitrogen and oxygen atoms in total. The van der Waals surface area contributed by atoms with Crippen molar-refractivity contribution in [2.75, 3.05) is 12.4 Å². The maximum Gasteiger partial charge on any atom is 0.413 e. The first-order valence-corrected chi connectivity index (χ1v) is 6.69. The molecule has 1 heterocycles. The van der Waals surface area contributed by atoms with E-state index in [1.807, 2.05) is 0 Å². The van der Waals surface area contributed by atoms with Gasteiger partial charge >= 0.3 is 12.1 Å². The number of ether oxygens (including phenoxy) is 2. The molecule has 0 aliphatic rings. The predicted molar refractivity (Wildman–Crippen MR) is 73.7 cm³/mol. The summed E-state index contributed by atoms with van der Waals surface area (Å²) in [6, 6.07) is 0. The number of amides is 1. The molecule has 0 bridgehead atoms. The number of aliphatic hydroxyl groups is 1. The summed E-state index contributed by atoms with van der Waals surface area (Å²) in [7, 11) is 1.18. The molecule has 0 spiro atoms. The number of nitrogens with zero attached hydrogens (tertiary/aromatic N) is 1. The second-order valence-electron chi connectivity index (χ2n) is 5.02. The fraction of sp³-hybridized carbons (Fsp3) is 0.583. The minimum absolute atomic E-state index is 0.245. The lowest BCUT2D eigenvalue weighted by molar-refractivity contribution is -0.150. The van der Waals surface area contributed by atoms with Crippen LogP contribution in [-0.2, 0) is 14.3 Å². The van der Waals surface area contributed by atoms with Crippen LogP contribution in [0, 0.1) is 6.92 Å². The van der Waals surface area contributed by atoms with E-state index in [9.17, 15) is 14.7 Å². The maximum absolute atomic E-state index is 11.6. The van der Waals surface area contributed by atoms with Crippen molar-refractivity contribution >= 4 is 28.5 Å². The number of anilines is 1. The third-order valence-corrected chi connectivity index (χ3v) is 3.24. The molecule has 0 aromatic carbocycles. The van der Waals surface area contributed by atoms with Crippen molar-refractivity contribution in [1.29, 1.82) is 0 Å². The highest BCUT2D eigenvalue weighted by Gasteiger charge is 2.25. The van der Waals surface area contributed by atoms with Crippen molar-refractivity contribution in [2.24, 2.45) is 0 Å². The quantitative estimate of drug-likeness (QED) is 0.829. The largest absolute Gasteiger partial charge is 0.467 e. The van der Waals surface area contributed by atoms with Gasteiger partial charge in [-0.3, -0.25) is 5.32 Å². The zero-order chi connectivity index (χ0) is 15.5. The lowest BCUT2D eigenvalue weighted by atomic mass is 10.2. The fourth-order valence-corrected chi connectivity index (χ4v) is 2.25. The number of carbonyl (C=O) groups excluding carboxylic acids is 2. The van der Waals surface area contributed by atoms with Crippen LogP contribution in [0.5, 0.6) is 0 Å². The third kappa shape index (κ3) is 4.46. The average molecular weight is 302 g/mol. The first kappa shape index (κ1) is 16.4. The van der Waals surface area contributed by atoms with E-state index in [2.05, 4.69) is 15.0 Å². The van der Waals surface area contributed by atoms with E-state index >= 15 is 0 Å². The lowest BCUT2D eigenvalue weighted by Gasteiger charge is -2.18. The van der Waals surface area contributed by atoms with Gasteiger partial charge in [-0.2, -0.15) is 0 Å². The van der Waals surface area contributed by atoms with Crippen LogP contribution in [0.1, 0.15) is 37.4 Å². The molecular formula is C12H18N2O5S. The van der Waals surface area contributed by atoms with Gasteiger partial charge in [0.1, 0.15) is 5.60 Å². The number of rotatable bonds is 3. The van der Waals surface area contributed by atoms with Crippen LogP contribution in [0.25, 0.3) is 0 Å². The Morgan fingerprint density at radius 3 is 2.50 bits per heavy atom. The van der Waals surface area contributed by atoms with Crippen LogP contribution in [0.15, 0.2) is 0 Å². The van der Waals surface area contributed by atoms with Crippen LogP contribution < -0.4 is 5.32 Å². The Morgan fingerprint density at radius 2 is 2.00 bits per heavy atom. The first-order valence-electron chi connectivity index (χ1n) is 5.87. The average Bonchev–Trinajstić information content (AvgIpc) is 2.65. The van der Waals surface area contributed by atoms with Crippen LogP contribution >= 0.6 is 11.3 Å². The number of aromatic nitrogens is 1. The molecule has 1 rings (SSSR count). The molecule has 0 radical (unpaired) electrons. The van der Waals surface area contributed by atoms with Crippen molar-refractivity contribution in [3.8, 4) is 0 Å². The van der Waals surface area contributed by atoms with Gasteiger partial charge in [0.05, 0.1) is 17.7 Å². The second kappa shape index (κ2) is 6.19. The van der Waals surface area contributed by atoms with Gasteiger partial charge in [0.15, 0.2) is 11.2 Å². The predicted octanol–water partition coefficient (Wildman–Crippen LogP) is 2.00. The van der Waals surface area contributed by atoms with Gasteiger partial charge in [0.25, 0.3) is 0 Å². The lowest BCUT2D eigenvalue weighted by Crippen LogP contribution is -2.27. The number of aliphatic hydroxyl groups excluding tert-OH is 1. The number of nitrogens with one attached hydrogen (secondary N) is 1. The molecule has 20 heavy (non-hydrogen) atoms. The molecule has 0 aliphatic heterocycles. The second-order valence-corrected chi connectivity index (χ2v) is 6.05. The number of methoxy groups -OCH3 is 1. The first-order chi connectivity index (χ1) is 9.14. The van der Waals surface area contributed by atoms with Crippen molar-refractivity contribution in [3.63, 3.8) is 0 Å². The highest BCUT2D eigenvalue weighted by Crippen LogP contribution is 2.29. The Kier molecular flexibility index (Phi) is 5.07. The van der Waals surface area contributed by atoms with Gasteiger partial charge in [0, 0.05) is 0 Å². The van der Waals surface area contributed by atoms with Gasteiger partial charge in [-0.1, -0.05) is 11.3 Å². The van der Waals surface area contributed by atoms with Crippen molar-refractivity contribution < 1.29 is 24.2 Å². The minimum atomic E-state index is -1.41. The summed E-state index contributed by atoms with van der Waals surface area (Å²) in [5, 5.41) is 12.5. The Balaban J connectivity index is 2.80. The third-order valence-electron chi connectivity index (χ3n) is 2.11. The van der Waals surface area contributed by atoms with E-state index in [1.54, 1.807) is 27.7 Å². The standard InChI is InChI=1S/C12H18N2O5S/c1-6-8(7(15)9(16)18-5)20-10(13-6)14-11(17)19-12(2,3)4/h7,15H,1-5H3,(H,13,14,17). The van der Waals surface area contributed by atoms with E-state index in [1.165, 1.54) is 7.11 Å². The monoisotopic (exact) mass is 302 g/mol. The molecule has 2 N–H and O–H groups in total. The van der Waals surface area contributed by atoms with E-state index in [-0.39, 0.29) is 5.13 Å². The highest BCUT2D eigenvalue weighted by molar-refractivity contribution is 7.16. The molecule has 1 aromatic heterocycles. The molecular weight excluding hydrogens is 284 g/mol. The summed E-state index contributed by atoms with van der Waals surface area (Å²) >= 11 is 0.992. The van der Waals surface area contributed by atoms with Crippen LogP contribution in [0.2, 0.25) is 0 Å². The molecule has 1 atom stereocenters. The molecule has 0 saturated carbocycles. The van der Waals surface area contributed by atoms with Crippen LogP contribution in [-0.4, -0.2) is 34.9 Å². The van der Waals surface area contributed by atoms with E-state index in [4.69, 9.17) is 4.74 Å². The topological polar surface area (TPSA) is 97.8 Å². The van der Waals surface area contributed by atoms with E-state index in [0.717, 1.165) is 11.3 Å². The zero-order valence-corrected chi connectivity index (χ0v) is 12.8. The summed E-state index contributed by atoms with van der Waals surface area (Å²) in [6.07, 6.45) is -2.06. The Hall–Kier alpha value is -1.67. The number of aryl methyl sites for hydroxylation is 1. The number of carbonyl (C=O) groups is 2. The van der Waals surface area contributed by atoms with Crippen molar-refractivity contribution in [1.82, 2.24) is 4.98 Å². The SMILES string of the molecule is COC(=O)C(O)c1sc(NC(=O)OC(C)(C)C)nc1C. The molecule has 1 aromatic rings. The van der Waals surface area contributed by atoms with Crippen LogP contribution in [0.3, 0.4) is 0 Å². The summed E-state index contributed by atoms with van der Waals surface area (Å²) < 4.78 is 9.54. The molecule has 0 fully saturated rings. The molecule has 1 unspecified atom stereocenters. The Morgan fingerprint density at radius 1 is 1.40 bits per heavy atom. The molecule has 112 valence electrons. The number of esters is 1. The van der Waals surface area contributed by atoms with Crippen molar-refractivity contribution in [2.45, 2.75) is 39.4 Å². The Labute approximate surface area is 120 Å². The van der Waals surface area contributed by atoms with Gasteiger partial charge < -0.3 is 14.6 Å². The number of hydrogen-bond donors (Lipinski definition) is 2. The van der Waals surface area contributed by atoms with Gasteiger partial charge in [-0.05, 0) is 27.7 Å². The van der Waals surface area contributed by atoms with Gasteiger partial charge in [-0.25, -0.2) is 14.6 Å². The maximum atomic E-state index is 11.6. The molecule has 8 heteroatoms. The number of hydrogen-bond acceptors (Lipinski definition) is 7. The van der Waals surface area contributed by atoms with Crippen LogP contribution in [0.4, 0.5) is 9.93 Å². The minimum Gasteiger partial charge on any atom is -0.467 e. The van der Waals surface area contributed by atoms with Crippen molar-refractivity contribution in [3.05, 3.63) is 10.6 Å². The molecule has 0 saturated heterocycles.